The molecule has 1 amide bonds. The molecule has 0 spiro atoms. The molecule has 0 bridgehead atoms. The standard InChI is InChI=1S/C29H27N5O3S2/c1-3-31-23-11-9-21(15-20(23)17-30)32-29-34(18-19-7-5-4-6-8-19)27(36)26(39-29)28-33(2)24-16-22(37-14-13-35)10-12-25(24)38-28/h4-12,15-16,31,35H,3,13-14,18H2,1-2H3/b28-26+,32-29?. The molecule has 0 atom stereocenters. The van der Waals surface area contributed by atoms with Crippen LogP contribution in [0.15, 0.2) is 86.6 Å². The molecule has 198 valence electrons. The molecule has 2 N–H and O–H groups in total. The lowest BCUT2D eigenvalue weighted by Gasteiger charge is -2.17. The van der Waals surface area contributed by atoms with Crippen molar-refractivity contribution in [2.75, 3.05) is 37.0 Å². The number of amides is 1. The van der Waals surface area contributed by atoms with Crippen molar-refractivity contribution in [3.05, 3.63) is 87.8 Å². The van der Waals surface area contributed by atoms with Crippen molar-refractivity contribution < 1.29 is 14.6 Å². The smallest absolute Gasteiger partial charge is 0.269 e. The van der Waals surface area contributed by atoms with E-state index in [1.807, 2.05) is 79.5 Å². The predicted molar refractivity (Wildman–Crippen MR) is 157 cm³/mol. The molecule has 2 aliphatic heterocycles. The number of hydrogen-bond acceptors (Lipinski definition) is 9. The molecule has 10 heteroatoms. The van der Waals surface area contributed by atoms with E-state index in [0.717, 1.165) is 26.9 Å². The van der Waals surface area contributed by atoms with Crippen LogP contribution in [0.25, 0.3) is 0 Å². The Morgan fingerprint density at radius 3 is 2.67 bits per heavy atom. The molecule has 3 aromatic carbocycles. The summed E-state index contributed by atoms with van der Waals surface area (Å²) in [6.07, 6.45) is 0. The van der Waals surface area contributed by atoms with Crippen molar-refractivity contribution in [2.45, 2.75) is 18.4 Å². The zero-order valence-corrected chi connectivity index (χ0v) is 23.2. The van der Waals surface area contributed by atoms with Crippen molar-refractivity contribution in [1.29, 1.82) is 5.26 Å². The number of hydrogen-bond donors (Lipinski definition) is 2. The lowest BCUT2D eigenvalue weighted by atomic mass is 10.1. The van der Waals surface area contributed by atoms with Gasteiger partial charge < -0.3 is 20.1 Å². The van der Waals surface area contributed by atoms with E-state index in [1.165, 1.54) is 23.5 Å². The summed E-state index contributed by atoms with van der Waals surface area (Å²) in [5.74, 6) is 0.542. The summed E-state index contributed by atoms with van der Waals surface area (Å²) < 4.78 is 5.59. The Kier molecular flexibility index (Phi) is 8.12. The molecular formula is C29H27N5O3S2. The van der Waals surface area contributed by atoms with Crippen LogP contribution in [0.5, 0.6) is 5.75 Å². The van der Waals surface area contributed by atoms with Gasteiger partial charge >= 0.3 is 0 Å². The summed E-state index contributed by atoms with van der Waals surface area (Å²) in [7, 11) is 1.93. The molecule has 39 heavy (non-hydrogen) atoms. The largest absolute Gasteiger partial charge is 0.491 e. The van der Waals surface area contributed by atoms with E-state index in [2.05, 4.69) is 11.4 Å². The Morgan fingerprint density at radius 1 is 1.10 bits per heavy atom. The third kappa shape index (κ3) is 5.61. The first-order valence-corrected chi connectivity index (χ1v) is 14.1. The maximum absolute atomic E-state index is 13.9. The first-order chi connectivity index (χ1) is 19.0. The Bertz CT molecular complexity index is 1500. The number of ether oxygens (including phenoxy) is 1. The summed E-state index contributed by atoms with van der Waals surface area (Å²) >= 11 is 2.87. The molecule has 0 aliphatic carbocycles. The van der Waals surface area contributed by atoms with Crippen molar-refractivity contribution in [3.8, 4) is 11.8 Å². The van der Waals surface area contributed by atoms with Crippen molar-refractivity contribution in [3.63, 3.8) is 0 Å². The molecule has 0 saturated carbocycles. The number of fused-ring (bicyclic) bond motifs is 1. The number of carbonyl (C=O) groups is 1. The Morgan fingerprint density at radius 2 is 1.92 bits per heavy atom. The van der Waals surface area contributed by atoms with Crippen molar-refractivity contribution >= 4 is 51.7 Å². The van der Waals surface area contributed by atoms with Gasteiger partial charge in [0.1, 0.15) is 23.3 Å². The first kappa shape index (κ1) is 26.7. The quantitative estimate of drug-likeness (QED) is 0.349. The number of carbonyl (C=O) groups excluding carboxylic acids is 1. The van der Waals surface area contributed by atoms with Gasteiger partial charge in [-0.1, -0.05) is 42.1 Å². The molecule has 0 radical (unpaired) electrons. The molecule has 2 heterocycles. The number of rotatable bonds is 8. The van der Waals surface area contributed by atoms with Crippen molar-refractivity contribution in [2.24, 2.45) is 4.99 Å². The average molecular weight is 558 g/mol. The normalized spacial score (nSPS) is 17.5. The van der Waals surface area contributed by atoms with E-state index in [1.54, 1.807) is 11.0 Å². The number of thioether (sulfide) groups is 2. The van der Waals surface area contributed by atoms with Gasteiger partial charge in [-0.05, 0) is 54.6 Å². The number of aliphatic imine (C=N–C) groups is 1. The van der Waals surface area contributed by atoms with Crippen LogP contribution in [0.3, 0.4) is 0 Å². The highest BCUT2D eigenvalue weighted by Crippen LogP contribution is 2.51. The number of nitrogens with zero attached hydrogens (tertiary/aromatic N) is 4. The van der Waals surface area contributed by atoms with Crippen LogP contribution in [0.1, 0.15) is 18.1 Å². The third-order valence-electron chi connectivity index (χ3n) is 6.12. The number of benzene rings is 3. The summed E-state index contributed by atoms with van der Waals surface area (Å²) in [4.78, 5) is 24.0. The van der Waals surface area contributed by atoms with Gasteiger partial charge in [-0.25, -0.2) is 4.99 Å². The molecule has 5 rings (SSSR count). The minimum absolute atomic E-state index is 0.0603. The zero-order valence-electron chi connectivity index (χ0n) is 21.5. The number of nitrogens with one attached hydrogen (secondary N) is 1. The van der Waals surface area contributed by atoms with Gasteiger partial charge in [0.2, 0.25) is 0 Å². The second-order valence-electron chi connectivity index (χ2n) is 8.74. The fourth-order valence-corrected chi connectivity index (χ4v) is 6.58. The van der Waals surface area contributed by atoms with Gasteiger partial charge in [-0.15, -0.1) is 0 Å². The van der Waals surface area contributed by atoms with Gasteiger partial charge in [-0.3, -0.25) is 9.69 Å². The highest BCUT2D eigenvalue weighted by Gasteiger charge is 2.39. The van der Waals surface area contributed by atoms with Crippen LogP contribution < -0.4 is 15.0 Å². The molecule has 0 aromatic heterocycles. The van der Waals surface area contributed by atoms with Gasteiger partial charge in [0.15, 0.2) is 5.17 Å². The zero-order chi connectivity index (χ0) is 27.4. The lowest BCUT2D eigenvalue weighted by molar-refractivity contribution is -0.122. The molecule has 0 unspecified atom stereocenters. The van der Waals surface area contributed by atoms with E-state index in [-0.39, 0.29) is 19.1 Å². The van der Waals surface area contributed by atoms with Crippen molar-refractivity contribution in [1.82, 2.24) is 4.90 Å². The highest BCUT2D eigenvalue weighted by molar-refractivity contribution is 8.19. The van der Waals surface area contributed by atoms with Gasteiger partial charge in [-0.2, -0.15) is 5.26 Å². The van der Waals surface area contributed by atoms with Crippen LogP contribution in [0.4, 0.5) is 17.1 Å². The molecular weight excluding hydrogens is 530 g/mol. The number of anilines is 2. The second-order valence-corrected chi connectivity index (χ2v) is 10.8. The van der Waals surface area contributed by atoms with Crippen LogP contribution in [0.2, 0.25) is 0 Å². The maximum Gasteiger partial charge on any atom is 0.269 e. The number of aliphatic hydroxyl groups excluding tert-OH is 1. The van der Waals surface area contributed by atoms with E-state index < -0.39 is 0 Å². The van der Waals surface area contributed by atoms with Gasteiger partial charge in [0.25, 0.3) is 5.91 Å². The number of nitriles is 1. The monoisotopic (exact) mass is 557 g/mol. The fraction of sp³-hybridized carbons (Fsp3) is 0.207. The topological polar surface area (TPSA) is 101 Å². The van der Waals surface area contributed by atoms with Gasteiger partial charge in [0.05, 0.1) is 40.8 Å². The maximum atomic E-state index is 13.9. The summed E-state index contributed by atoms with van der Waals surface area (Å²) in [6, 6.07) is 23.2. The molecule has 2 aliphatic rings. The van der Waals surface area contributed by atoms with E-state index in [9.17, 15) is 10.1 Å². The van der Waals surface area contributed by atoms with E-state index in [0.29, 0.717) is 40.2 Å². The SMILES string of the molecule is CCNc1ccc(N=C2S/C(=C3/Sc4ccc(OCCO)cc4N3C)C(=O)N2Cc2ccccc2)cc1C#N. The Hall–Kier alpha value is -3.91. The average Bonchev–Trinajstić information content (AvgIpc) is 3.44. The predicted octanol–water partition coefficient (Wildman–Crippen LogP) is 5.54. The number of amidine groups is 1. The second kappa shape index (κ2) is 11.9. The fourth-order valence-electron chi connectivity index (χ4n) is 4.25. The summed E-state index contributed by atoms with van der Waals surface area (Å²) in [6.45, 7) is 3.22. The summed E-state index contributed by atoms with van der Waals surface area (Å²) in [5, 5.41) is 23.3. The summed E-state index contributed by atoms with van der Waals surface area (Å²) in [5.41, 5.74) is 3.79. The first-order valence-electron chi connectivity index (χ1n) is 12.5. The van der Waals surface area contributed by atoms with Gasteiger partial charge in [0, 0.05) is 24.6 Å². The molecule has 8 nitrogen and oxygen atoms in total. The van der Waals surface area contributed by atoms with E-state index >= 15 is 0 Å². The Labute approximate surface area is 236 Å². The van der Waals surface area contributed by atoms with Crippen LogP contribution in [-0.2, 0) is 11.3 Å². The Balaban J connectivity index is 1.52. The molecule has 1 fully saturated rings. The van der Waals surface area contributed by atoms with Crippen LogP contribution in [-0.4, -0.2) is 47.9 Å². The number of aliphatic hydroxyl groups is 1. The minimum Gasteiger partial charge on any atom is -0.491 e. The minimum atomic E-state index is -0.119. The third-order valence-corrected chi connectivity index (χ3v) is 8.55. The van der Waals surface area contributed by atoms with Crippen LogP contribution in [0, 0.1) is 11.3 Å². The van der Waals surface area contributed by atoms with E-state index in [4.69, 9.17) is 14.8 Å². The van der Waals surface area contributed by atoms with Crippen LogP contribution >= 0.6 is 23.5 Å². The lowest BCUT2D eigenvalue weighted by Crippen LogP contribution is -2.29. The molecule has 1 saturated heterocycles. The molecule has 3 aromatic rings. The highest BCUT2D eigenvalue weighted by atomic mass is 32.2.